The zero-order valence-electron chi connectivity index (χ0n) is 8.04. The molecular formula is C8H15N5. The lowest BCUT2D eigenvalue weighted by atomic mass is 10.1. The molecule has 1 aromatic heterocycles. The molecule has 13 heavy (non-hydrogen) atoms. The summed E-state index contributed by atoms with van der Waals surface area (Å²) in [6, 6.07) is 0. The molecule has 0 saturated carbocycles. The van der Waals surface area contributed by atoms with E-state index >= 15 is 0 Å². The Bertz CT molecular complexity index is 314. The Balaban J connectivity index is 2.33. The van der Waals surface area contributed by atoms with Gasteiger partial charge in [-0.15, -0.1) is 0 Å². The summed E-state index contributed by atoms with van der Waals surface area (Å²) in [6.07, 6.45) is 1.98. The third-order valence-electron chi connectivity index (χ3n) is 2.24. The van der Waals surface area contributed by atoms with E-state index in [4.69, 9.17) is 5.73 Å². The highest BCUT2D eigenvalue weighted by atomic mass is 15.4. The first-order valence-corrected chi connectivity index (χ1v) is 4.55. The van der Waals surface area contributed by atoms with E-state index in [0.717, 1.165) is 31.2 Å². The summed E-state index contributed by atoms with van der Waals surface area (Å²) in [7, 11) is 0. The number of nitrogens with one attached hydrogen (secondary N) is 1. The molecule has 0 bridgehead atoms. The van der Waals surface area contributed by atoms with Crippen LogP contribution in [-0.4, -0.2) is 20.4 Å². The van der Waals surface area contributed by atoms with Crippen LogP contribution in [-0.2, 0) is 6.54 Å². The molecule has 0 aliphatic carbocycles. The molecule has 1 aromatic rings. The molecule has 72 valence electrons. The second-order valence-corrected chi connectivity index (χ2v) is 3.85. The van der Waals surface area contributed by atoms with Gasteiger partial charge in [-0.2, -0.15) is 10.1 Å². The number of hydrogen-bond donors (Lipinski definition) is 2. The molecule has 3 N–H and O–H groups in total. The van der Waals surface area contributed by atoms with Crippen molar-refractivity contribution in [1.82, 2.24) is 14.8 Å². The van der Waals surface area contributed by atoms with Crippen LogP contribution in [0.4, 0.5) is 5.95 Å². The van der Waals surface area contributed by atoms with E-state index in [2.05, 4.69) is 15.4 Å². The van der Waals surface area contributed by atoms with Gasteiger partial charge in [0.1, 0.15) is 5.82 Å². The monoisotopic (exact) mass is 181 g/mol. The molecule has 5 heteroatoms. The van der Waals surface area contributed by atoms with E-state index in [1.807, 2.05) is 18.5 Å². The number of anilines is 1. The van der Waals surface area contributed by atoms with Crippen molar-refractivity contribution >= 4 is 5.95 Å². The Hall–Kier alpha value is -1.10. The Kier molecular flexibility index (Phi) is 1.76. The summed E-state index contributed by atoms with van der Waals surface area (Å²) >= 11 is 0. The fraction of sp³-hybridized carbons (Fsp3) is 0.750. The van der Waals surface area contributed by atoms with Gasteiger partial charge in [0, 0.05) is 6.54 Å². The number of nitrogens with two attached hydrogens (primary N) is 1. The third kappa shape index (κ3) is 1.65. The van der Waals surface area contributed by atoms with E-state index in [0.29, 0.717) is 0 Å². The van der Waals surface area contributed by atoms with Crippen molar-refractivity contribution in [3.63, 3.8) is 0 Å². The van der Waals surface area contributed by atoms with E-state index < -0.39 is 0 Å². The molecule has 0 saturated heterocycles. The average Bonchev–Trinajstić information content (AvgIpc) is 2.23. The number of fused-ring (bicyclic) bond motifs is 1. The normalized spacial score (nSPS) is 27.6. The predicted octanol–water partition coefficient (Wildman–Crippen LogP) is 0.467. The molecule has 2 heterocycles. The van der Waals surface area contributed by atoms with Gasteiger partial charge in [-0.1, -0.05) is 0 Å². The number of rotatable bonds is 0. The highest BCUT2D eigenvalue weighted by Crippen LogP contribution is 2.19. The molecule has 1 aliphatic heterocycles. The summed E-state index contributed by atoms with van der Waals surface area (Å²) in [4.78, 5) is 4.27. The summed E-state index contributed by atoms with van der Waals surface area (Å²) < 4.78 is 1.88. The predicted molar refractivity (Wildman–Crippen MR) is 50.2 cm³/mol. The minimum Gasteiger partial charge on any atom is -0.337 e. The first kappa shape index (κ1) is 8.50. The molecule has 5 nitrogen and oxygen atoms in total. The molecule has 2 rings (SSSR count). The highest BCUT2D eigenvalue weighted by Gasteiger charge is 2.24. The van der Waals surface area contributed by atoms with Crippen LogP contribution in [0.2, 0.25) is 0 Å². The van der Waals surface area contributed by atoms with Crippen LogP contribution in [0, 0.1) is 6.92 Å². The largest absolute Gasteiger partial charge is 0.337 e. The van der Waals surface area contributed by atoms with E-state index in [-0.39, 0.29) is 5.66 Å². The maximum atomic E-state index is 6.01. The van der Waals surface area contributed by atoms with Gasteiger partial charge in [-0.3, -0.25) is 0 Å². The minimum absolute atomic E-state index is 0.353. The van der Waals surface area contributed by atoms with E-state index in [1.165, 1.54) is 0 Å². The van der Waals surface area contributed by atoms with Gasteiger partial charge in [-0.05, 0) is 26.7 Å². The van der Waals surface area contributed by atoms with Crippen LogP contribution in [0.15, 0.2) is 0 Å². The quantitative estimate of drug-likeness (QED) is 0.610. The van der Waals surface area contributed by atoms with Crippen molar-refractivity contribution < 1.29 is 0 Å². The summed E-state index contributed by atoms with van der Waals surface area (Å²) in [5.41, 5.74) is 5.66. The maximum absolute atomic E-state index is 6.01. The lowest BCUT2D eigenvalue weighted by Gasteiger charge is -2.23. The Morgan fingerprint density at radius 1 is 1.62 bits per heavy atom. The molecule has 1 atom stereocenters. The molecule has 1 unspecified atom stereocenters. The number of aromatic nitrogens is 3. The molecule has 0 spiro atoms. The zero-order valence-corrected chi connectivity index (χ0v) is 8.04. The highest BCUT2D eigenvalue weighted by molar-refractivity contribution is 5.29. The first-order valence-electron chi connectivity index (χ1n) is 4.55. The number of aryl methyl sites for hydroxylation is 2. The maximum Gasteiger partial charge on any atom is 0.222 e. The van der Waals surface area contributed by atoms with Crippen LogP contribution in [0.3, 0.4) is 0 Å². The lowest BCUT2D eigenvalue weighted by molar-refractivity contribution is 0.467. The molecule has 0 fully saturated rings. The first-order chi connectivity index (χ1) is 6.07. The van der Waals surface area contributed by atoms with Gasteiger partial charge in [0.25, 0.3) is 0 Å². The van der Waals surface area contributed by atoms with Crippen LogP contribution in [0.5, 0.6) is 0 Å². The van der Waals surface area contributed by atoms with Crippen LogP contribution >= 0.6 is 0 Å². The van der Waals surface area contributed by atoms with Crippen LogP contribution in [0.25, 0.3) is 0 Å². The lowest BCUT2D eigenvalue weighted by Crippen LogP contribution is -2.44. The SMILES string of the molecule is Cc1nc2n(n1)CCCC(C)(N)N2. The standard InChI is InChI=1S/C8H15N5/c1-6-10-7-11-8(2,9)4-3-5-13(7)12-6/h3-5,9H2,1-2H3,(H,10,11,12). The second-order valence-electron chi connectivity index (χ2n) is 3.85. The smallest absolute Gasteiger partial charge is 0.222 e. The topological polar surface area (TPSA) is 68.8 Å². The fourth-order valence-electron chi connectivity index (χ4n) is 1.62. The van der Waals surface area contributed by atoms with Gasteiger partial charge < -0.3 is 11.1 Å². The van der Waals surface area contributed by atoms with Crippen molar-refractivity contribution in [2.24, 2.45) is 5.73 Å². The zero-order chi connectivity index (χ0) is 9.47. The van der Waals surface area contributed by atoms with Crippen molar-refractivity contribution in [2.75, 3.05) is 5.32 Å². The van der Waals surface area contributed by atoms with Crippen molar-refractivity contribution in [3.8, 4) is 0 Å². The molecule has 1 aliphatic rings. The molecular weight excluding hydrogens is 166 g/mol. The number of hydrogen-bond acceptors (Lipinski definition) is 4. The Morgan fingerprint density at radius 2 is 2.38 bits per heavy atom. The fourth-order valence-corrected chi connectivity index (χ4v) is 1.62. The minimum atomic E-state index is -0.353. The second kappa shape index (κ2) is 2.70. The molecule has 0 amide bonds. The van der Waals surface area contributed by atoms with Crippen molar-refractivity contribution in [1.29, 1.82) is 0 Å². The van der Waals surface area contributed by atoms with Crippen molar-refractivity contribution in [2.45, 2.75) is 38.9 Å². The summed E-state index contributed by atoms with van der Waals surface area (Å²) in [6.45, 7) is 4.76. The molecule has 0 aromatic carbocycles. The number of nitrogens with zero attached hydrogens (tertiary/aromatic N) is 3. The van der Waals surface area contributed by atoms with E-state index in [9.17, 15) is 0 Å². The Morgan fingerprint density at radius 3 is 3.15 bits per heavy atom. The van der Waals surface area contributed by atoms with Gasteiger partial charge in [0.05, 0.1) is 5.66 Å². The van der Waals surface area contributed by atoms with Gasteiger partial charge >= 0.3 is 0 Å². The van der Waals surface area contributed by atoms with Crippen LogP contribution < -0.4 is 11.1 Å². The van der Waals surface area contributed by atoms with Crippen molar-refractivity contribution in [3.05, 3.63) is 5.82 Å². The van der Waals surface area contributed by atoms with Gasteiger partial charge in [0.15, 0.2) is 0 Å². The molecule has 0 radical (unpaired) electrons. The third-order valence-corrected chi connectivity index (χ3v) is 2.24. The van der Waals surface area contributed by atoms with E-state index in [1.54, 1.807) is 0 Å². The summed E-state index contributed by atoms with van der Waals surface area (Å²) in [5.74, 6) is 1.58. The Labute approximate surface area is 77.3 Å². The van der Waals surface area contributed by atoms with Gasteiger partial charge in [0.2, 0.25) is 5.95 Å². The summed E-state index contributed by atoms with van der Waals surface area (Å²) in [5, 5.41) is 7.45. The van der Waals surface area contributed by atoms with Gasteiger partial charge in [-0.25, -0.2) is 4.68 Å². The van der Waals surface area contributed by atoms with Crippen LogP contribution in [0.1, 0.15) is 25.6 Å². The average molecular weight is 181 g/mol.